The normalized spacial score (nSPS) is 10.4. The third kappa shape index (κ3) is 3.47. The molecule has 4 nitrogen and oxygen atoms in total. The highest BCUT2D eigenvalue weighted by Gasteiger charge is 2.05. The molecule has 0 aromatic carbocycles. The van der Waals surface area contributed by atoms with Crippen molar-refractivity contribution in [1.29, 1.82) is 0 Å². The molecule has 0 unspecified atom stereocenters. The van der Waals surface area contributed by atoms with Crippen LogP contribution in [-0.2, 0) is 11.2 Å². The molecule has 1 heterocycles. The summed E-state index contributed by atoms with van der Waals surface area (Å²) in [4.78, 5) is 10.9. The van der Waals surface area contributed by atoms with E-state index in [9.17, 15) is 0 Å². The fraction of sp³-hybridized carbons (Fsp3) is 0.636. The van der Waals surface area contributed by atoms with Crippen molar-refractivity contribution < 1.29 is 4.74 Å². The van der Waals surface area contributed by atoms with Crippen LogP contribution in [0.3, 0.4) is 0 Å². The van der Waals surface area contributed by atoms with E-state index in [2.05, 4.69) is 16.9 Å². The molecule has 1 rings (SSSR count). The van der Waals surface area contributed by atoms with Crippen molar-refractivity contribution in [3.63, 3.8) is 0 Å². The number of rotatable bonds is 5. The quantitative estimate of drug-likeness (QED) is 0.735. The number of hydrogen-bond acceptors (Lipinski definition) is 4. The maximum atomic E-state index is 5.02. The summed E-state index contributed by atoms with van der Waals surface area (Å²) in [7, 11) is 3.68. The molecule has 15 heavy (non-hydrogen) atoms. The van der Waals surface area contributed by atoms with E-state index in [1.807, 2.05) is 24.9 Å². The van der Waals surface area contributed by atoms with Crippen LogP contribution in [0.1, 0.15) is 18.3 Å². The topological polar surface area (TPSA) is 38.2 Å². The minimum absolute atomic E-state index is 0.690. The van der Waals surface area contributed by atoms with Crippen LogP contribution >= 0.6 is 0 Å². The van der Waals surface area contributed by atoms with E-state index in [4.69, 9.17) is 4.74 Å². The highest BCUT2D eigenvalue weighted by atomic mass is 16.5. The predicted molar refractivity (Wildman–Crippen MR) is 61.3 cm³/mol. The highest BCUT2D eigenvalue weighted by molar-refractivity contribution is 5.31. The lowest BCUT2D eigenvalue weighted by molar-refractivity contribution is 0.206. The minimum Gasteiger partial charge on any atom is -0.383 e. The standard InChI is InChI=1S/C11H19N3O/c1-5-10-8-9(2)12-11(13-10)14(3)6-7-15-4/h8H,5-7H2,1-4H3. The highest BCUT2D eigenvalue weighted by Crippen LogP contribution is 2.08. The van der Waals surface area contributed by atoms with Gasteiger partial charge in [-0.2, -0.15) is 0 Å². The zero-order valence-corrected chi connectivity index (χ0v) is 9.95. The van der Waals surface area contributed by atoms with Gasteiger partial charge in [0.2, 0.25) is 5.95 Å². The van der Waals surface area contributed by atoms with Crippen LogP contribution in [0.15, 0.2) is 6.07 Å². The summed E-state index contributed by atoms with van der Waals surface area (Å²) in [5.41, 5.74) is 2.10. The zero-order chi connectivity index (χ0) is 11.3. The zero-order valence-electron chi connectivity index (χ0n) is 9.95. The summed E-state index contributed by atoms with van der Waals surface area (Å²) in [6.07, 6.45) is 0.939. The number of aromatic nitrogens is 2. The first-order chi connectivity index (χ1) is 7.17. The molecule has 0 saturated carbocycles. The van der Waals surface area contributed by atoms with Gasteiger partial charge in [-0.05, 0) is 19.4 Å². The molecular formula is C11H19N3O. The summed E-state index contributed by atoms with van der Waals surface area (Å²) in [5, 5.41) is 0. The molecule has 0 saturated heterocycles. The lowest BCUT2D eigenvalue weighted by Crippen LogP contribution is -2.24. The van der Waals surface area contributed by atoms with Crippen molar-refractivity contribution in [2.75, 3.05) is 32.2 Å². The molecule has 4 heteroatoms. The van der Waals surface area contributed by atoms with Crippen molar-refractivity contribution in [2.45, 2.75) is 20.3 Å². The van der Waals surface area contributed by atoms with Gasteiger partial charge in [0.05, 0.1) is 6.61 Å². The lowest BCUT2D eigenvalue weighted by Gasteiger charge is -2.17. The molecule has 0 aliphatic heterocycles. The van der Waals surface area contributed by atoms with Crippen LogP contribution in [0.5, 0.6) is 0 Å². The summed E-state index contributed by atoms with van der Waals surface area (Å²) in [5.74, 6) is 0.781. The van der Waals surface area contributed by atoms with E-state index < -0.39 is 0 Å². The number of aryl methyl sites for hydroxylation is 2. The minimum atomic E-state index is 0.690. The number of nitrogens with zero attached hydrogens (tertiary/aromatic N) is 3. The number of likely N-dealkylation sites (N-methyl/N-ethyl adjacent to an activating group) is 1. The van der Waals surface area contributed by atoms with Gasteiger partial charge in [-0.15, -0.1) is 0 Å². The molecule has 84 valence electrons. The molecule has 0 aliphatic rings. The molecule has 0 amide bonds. The Morgan fingerprint density at radius 1 is 1.40 bits per heavy atom. The Hall–Kier alpha value is -1.16. The average Bonchev–Trinajstić information content (AvgIpc) is 2.24. The van der Waals surface area contributed by atoms with Gasteiger partial charge >= 0.3 is 0 Å². The van der Waals surface area contributed by atoms with E-state index in [-0.39, 0.29) is 0 Å². The first-order valence-electron chi connectivity index (χ1n) is 5.22. The van der Waals surface area contributed by atoms with Crippen LogP contribution in [0.4, 0.5) is 5.95 Å². The molecule has 1 aromatic rings. The van der Waals surface area contributed by atoms with Crippen LogP contribution in [0, 0.1) is 6.92 Å². The first-order valence-corrected chi connectivity index (χ1v) is 5.22. The van der Waals surface area contributed by atoms with Gasteiger partial charge in [0.15, 0.2) is 0 Å². The largest absolute Gasteiger partial charge is 0.383 e. The van der Waals surface area contributed by atoms with Crippen molar-refractivity contribution in [2.24, 2.45) is 0 Å². The van der Waals surface area contributed by atoms with Crippen LogP contribution in [-0.4, -0.2) is 37.3 Å². The van der Waals surface area contributed by atoms with Gasteiger partial charge < -0.3 is 9.64 Å². The number of hydrogen-bond donors (Lipinski definition) is 0. The summed E-state index contributed by atoms with van der Waals surface area (Å²) >= 11 is 0. The molecule has 0 N–H and O–H groups in total. The van der Waals surface area contributed by atoms with Gasteiger partial charge in [-0.25, -0.2) is 9.97 Å². The third-order valence-corrected chi connectivity index (χ3v) is 2.23. The Kier molecular flexibility index (Phi) is 4.49. The summed E-state index contributed by atoms with van der Waals surface area (Å²) < 4.78 is 5.02. The van der Waals surface area contributed by atoms with E-state index in [0.717, 1.165) is 30.3 Å². The fourth-order valence-corrected chi connectivity index (χ4v) is 1.30. The smallest absolute Gasteiger partial charge is 0.225 e. The number of methoxy groups -OCH3 is 1. The van der Waals surface area contributed by atoms with E-state index >= 15 is 0 Å². The summed E-state index contributed by atoms with van der Waals surface area (Å²) in [6, 6.07) is 2.02. The van der Waals surface area contributed by atoms with Crippen LogP contribution < -0.4 is 4.90 Å². The molecule has 1 aromatic heterocycles. The van der Waals surface area contributed by atoms with Gasteiger partial charge in [0, 0.05) is 32.1 Å². The van der Waals surface area contributed by atoms with Gasteiger partial charge in [-0.1, -0.05) is 6.92 Å². The molecule has 0 bridgehead atoms. The maximum absolute atomic E-state index is 5.02. The monoisotopic (exact) mass is 209 g/mol. The van der Waals surface area contributed by atoms with E-state index in [0.29, 0.717) is 6.61 Å². The van der Waals surface area contributed by atoms with Crippen molar-refractivity contribution >= 4 is 5.95 Å². The van der Waals surface area contributed by atoms with E-state index in [1.165, 1.54) is 0 Å². The van der Waals surface area contributed by atoms with Gasteiger partial charge in [0.25, 0.3) is 0 Å². The van der Waals surface area contributed by atoms with Crippen molar-refractivity contribution in [3.05, 3.63) is 17.5 Å². The summed E-state index contributed by atoms with van der Waals surface area (Å²) in [6.45, 7) is 5.59. The Bertz CT molecular complexity index is 315. The number of ether oxygens (including phenoxy) is 1. The van der Waals surface area contributed by atoms with Gasteiger partial charge in [-0.3, -0.25) is 0 Å². The Labute approximate surface area is 91.3 Å². The molecule has 0 atom stereocenters. The van der Waals surface area contributed by atoms with Crippen molar-refractivity contribution in [3.8, 4) is 0 Å². The molecule has 0 radical (unpaired) electrons. The second-order valence-corrected chi connectivity index (χ2v) is 3.57. The van der Waals surface area contributed by atoms with E-state index in [1.54, 1.807) is 7.11 Å². The SMILES string of the molecule is CCc1cc(C)nc(N(C)CCOC)n1. The van der Waals surface area contributed by atoms with Gasteiger partial charge in [0.1, 0.15) is 0 Å². The van der Waals surface area contributed by atoms with Crippen molar-refractivity contribution in [1.82, 2.24) is 9.97 Å². The maximum Gasteiger partial charge on any atom is 0.225 e. The fourth-order valence-electron chi connectivity index (χ4n) is 1.30. The predicted octanol–water partition coefficient (Wildman–Crippen LogP) is 1.43. The second kappa shape index (κ2) is 5.66. The molecular weight excluding hydrogens is 190 g/mol. The number of anilines is 1. The van der Waals surface area contributed by atoms with Crippen LogP contribution in [0.2, 0.25) is 0 Å². The lowest BCUT2D eigenvalue weighted by atomic mass is 10.3. The Balaban J connectivity index is 2.78. The van der Waals surface area contributed by atoms with Crippen LogP contribution in [0.25, 0.3) is 0 Å². The second-order valence-electron chi connectivity index (χ2n) is 3.57. The Morgan fingerprint density at radius 3 is 2.73 bits per heavy atom. The first kappa shape index (κ1) is 11.9. The Morgan fingerprint density at radius 2 is 2.13 bits per heavy atom. The average molecular weight is 209 g/mol. The third-order valence-electron chi connectivity index (χ3n) is 2.23. The molecule has 0 spiro atoms. The molecule has 0 aliphatic carbocycles. The molecule has 0 fully saturated rings.